The van der Waals surface area contributed by atoms with Crippen molar-refractivity contribution in [3.05, 3.63) is 12.0 Å². The van der Waals surface area contributed by atoms with E-state index in [9.17, 15) is 9.59 Å². The molecule has 1 heterocycles. The minimum Gasteiger partial charge on any atom is -0.475 e. The fraction of sp³-hybridized carbons (Fsp3) is 0.375. The van der Waals surface area contributed by atoms with E-state index in [2.05, 4.69) is 10.3 Å². The van der Waals surface area contributed by atoms with Crippen LogP contribution in [0, 0.1) is 0 Å². The lowest BCUT2D eigenvalue weighted by Crippen LogP contribution is -2.08. The first kappa shape index (κ1) is 10.2. The SMILES string of the molecule is CCn1cc(NC(C)=O)nc1C(=O)O. The lowest BCUT2D eigenvalue weighted by atomic mass is 10.6. The summed E-state index contributed by atoms with van der Waals surface area (Å²) in [6, 6.07) is 0. The van der Waals surface area contributed by atoms with Gasteiger partial charge in [-0.25, -0.2) is 9.78 Å². The third kappa shape index (κ3) is 2.09. The van der Waals surface area contributed by atoms with E-state index in [1.54, 1.807) is 6.92 Å². The summed E-state index contributed by atoms with van der Waals surface area (Å²) in [5, 5.41) is 11.2. The summed E-state index contributed by atoms with van der Waals surface area (Å²) in [7, 11) is 0. The fourth-order valence-corrected chi connectivity index (χ4v) is 1.07. The van der Waals surface area contributed by atoms with Gasteiger partial charge < -0.3 is 15.0 Å². The maximum Gasteiger partial charge on any atom is 0.372 e. The molecule has 76 valence electrons. The van der Waals surface area contributed by atoms with Crippen LogP contribution in [0.3, 0.4) is 0 Å². The summed E-state index contributed by atoms with van der Waals surface area (Å²) in [5.41, 5.74) is 0. The topological polar surface area (TPSA) is 84.2 Å². The minimum absolute atomic E-state index is 0.0729. The molecule has 1 aromatic rings. The van der Waals surface area contributed by atoms with E-state index in [0.717, 1.165) is 0 Å². The lowest BCUT2D eigenvalue weighted by molar-refractivity contribution is -0.114. The van der Waals surface area contributed by atoms with Crippen molar-refractivity contribution in [1.82, 2.24) is 9.55 Å². The molecule has 1 rings (SSSR count). The molecule has 0 saturated heterocycles. The summed E-state index contributed by atoms with van der Waals surface area (Å²) in [5.74, 6) is -1.20. The van der Waals surface area contributed by atoms with Gasteiger partial charge in [-0.15, -0.1) is 0 Å². The summed E-state index contributed by atoms with van der Waals surface area (Å²) in [6.07, 6.45) is 1.49. The summed E-state index contributed by atoms with van der Waals surface area (Å²) < 4.78 is 1.45. The molecular weight excluding hydrogens is 186 g/mol. The number of carbonyl (C=O) groups is 2. The van der Waals surface area contributed by atoms with Gasteiger partial charge >= 0.3 is 5.97 Å². The van der Waals surface area contributed by atoms with Gasteiger partial charge in [0.2, 0.25) is 11.7 Å². The van der Waals surface area contributed by atoms with E-state index >= 15 is 0 Å². The predicted octanol–water partition coefficient (Wildman–Crippen LogP) is 0.560. The Bertz CT molecular complexity index is 370. The molecule has 0 atom stereocenters. The number of aromatic carboxylic acids is 1. The van der Waals surface area contributed by atoms with Crippen LogP contribution >= 0.6 is 0 Å². The largest absolute Gasteiger partial charge is 0.475 e. The van der Waals surface area contributed by atoms with Crippen molar-refractivity contribution in [3.63, 3.8) is 0 Å². The quantitative estimate of drug-likeness (QED) is 0.741. The highest BCUT2D eigenvalue weighted by Gasteiger charge is 2.13. The lowest BCUT2D eigenvalue weighted by Gasteiger charge is -1.96. The normalized spacial score (nSPS) is 9.86. The summed E-state index contributed by atoms with van der Waals surface area (Å²) in [6.45, 7) is 3.63. The molecule has 1 amide bonds. The van der Waals surface area contributed by atoms with Crippen LogP contribution in [0.4, 0.5) is 5.82 Å². The molecule has 14 heavy (non-hydrogen) atoms. The van der Waals surface area contributed by atoms with E-state index in [1.165, 1.54) is 17.7 Å². The molecule has 6 heteroatoms. The van der Waals surface area contributed by atoms with Crippen molar-refractivity contribution in [2.75, 3.05) is 5.32 Å². The Morgan fingerprint density at radius 3 is 2.64 bits per heavy atom. The van der Waals surface area contributed by atoms with Gasteiger partial charge in [-0.05, 0) is 6.92 Å². The van der Waals surface area contributed by atoms with Crippen molar-refractivity contribution in [2.45, 2.75) is 20.4 Å². The number of carbonyl (C=O) groups excluding carboxylic acids is 1. The van der Waals surface area contributed by atoms with Crippen LogP contribution in [-0.2, 0) is 11.3 Å². The average molecular weight is 197 g/mol. The molecule has 0 aromatic carbocycles. The van der Waals surface area contributed by atoms with Crippen LogP contribution < -0.4 is 5.32 Å². The number of anilines is 1. The Labute approximate surface area is 80.6 Å². The van der Waals surface area contributed by atoms with Crippen LogP contribution in [0.15, 0.2) is 6.20 Å². The molecule has 1 aromatic heterocycles. The molecule has 6 nitrogen and oxygen atoms in total. The average Bonchev–Trinajstić information content (AvgIpc) is 2.46. The van der Waals surface area contributed by atoms with Crippen molar-refractivity contribution >= 4 is 17.7 Å². The third-order valence-electron chi connectivity index (χ3n) is 1.61. The third-order valence-corrected chi connectivity index (χ3v) is 1.61. The van der Waals surface area contributed by atoms with Gasteiger partial charge in [0.1, 0.15) is 0 Å². The zero-order chi connectivity index (χ0) is 10.7. The molecule has 0 saturated carbocycles. The molecule has 2 N–H and O–H groups in total. The highest BCUT2D eigenvalue weighted by atomic mass is 16.4. The smallest absolute Gasteiger partial charge is 0.372 e. The number of nitrogens with zero attached hydrogens (tertiary/aromatic N) is 2. The fourth-order valence-electron chi connectivity index (χ4n) is 1.07. The standard InChI is InChI=1S/C8H11N3O3/c1-3-11-4-6(9-5(2)12)10-7(11)8(13)14/h4H,3H2,1-2H3,(H,9,12)(H,13,14). The van der Waals surface area contributed by atoms with E-state index in [0.29, 0.717) is 6.54 Å². The predicted molar refractivity (Wildman–Crippen MR) is 49.2 cm³/mol. The van der Waals surface area contributed by atoms with Crippen LogP contribution in [-0.4, -0.2) is 26.5 Å². The maximum absolute atomic E-state index is 10.7. The van der Waals surface area contributed by atoms with Gasteiger partial charge in [-0.2, -0.15) is 0 Å². The number of carboxylic acid groups (broad SMARTS) is 1. The van der Waals surface area contributed by atoms with E-state index < -0.39 is 5.97 Å². The first-order valence-electron chi connectivity index (χ1n) is 4.12. The number of hydrogen-bond acceptors (Lipinski definition) is 3. The van der Waals surface area contributed by atoms with E-state index in [-0.39, 0.29) is 17.5 Å². The molecule has 0 radical (unpaired) electrons. The Morgan fingerprint density at radius 1 is 1.64 bits per heavy atom. The molecule has 0 spiro atoms. The zero-order valence-corrected chi connectivity index (χ0v) is 7.94. The van der Waals surface area contributed by atoms with Crippen molar-refractivity contribution in [2.24, 2.45) is 0 Å². The number of nitrogens with one attached hydrogen (secondary N) is 1. The number of carboxylic acids is 1. The Morgan fingerprint density at radius 2 is 2.29 bits per heavy atom. The first-order valence-corrected chi connectivity index (χ1v) is 4.12. The first-order chi connectivity index (χ1) is 6.54. The zero-order valence-electron chi connectivity index (χ0n) is 7.94. The number of amides is 1. The van der Waals surface area contributed by atoms with Gasteiger partial charge in [-0.3, -0.25) is 4.79 Å². The van der Waals surface area contributed by atoms with Crippen molar-refractivity contribution < 1.29 is 14.7 Å². The van der Waals surface area contributed by atoms with E-state index in [4.69, 9.17) is 5.11 Å². The second-order valence-electron chi connectivity index (χ2n) is 2.72. The number of aryl methyl sites for hydroxylation is 1. The van der Waals surface area contributed by atoms with E-state index in [1.807, 2.05) is 0 Å². The molecular formula is C8H11N3O3. The van der Waals surface area contributed by atoms with Gasteiger partial charge in [-0.1, -0.05) is 0 Å². The molecule has 0 fully saturated rings. The molecule has 0 aliphatic rings. The molecule has 0 aliphatic carbocycles. The summed E-state index contributed by atoms with van der Waals surface area (Å²) >= 11 is 0. The van der Waals surface area contributed by atoms with Crippen molar-refractivity contribution in [1.29, 1.82) is 0 Å². The number of imidazole rings is 1. The maximum atomic E-state index is 10.7. The minimum atomic E-state index is -1.11. The van der Waals surface area contributed by atoms with Crippen molar-refractivity contribution in [3.8, 4) is 0 Å². The van der Waals surface area contributed by atoms with Gasteiger partial charge in [0.05, 0.1) is 0 Å². The number of hydrogen-bond donors (Lipinski definition) is 2. The highest BCUT2D eigenvalue weighted by Crippen LogP contribution is 2.08. The van der Waals surface area contributed by atoms with Crippen LogP contribution in [0.2, 0.25) is 0 Å². The molecule has 0 unspecified atom stereocenters. The van der Waals surface area contributed by atoms with Crippen LogP contribution in [0.1, 0.15) is 24.5 Å². The van der Waals surface area contributed by atoms with Gasteiger partial charge in [0.15, 0.2) is 5.82 Å². The number of rotatable bonds is 3. The van der Waals surface area contributed by atoms with Gasteiger partial charge in [0, 0.05) is 19.7 Å². The van der Waals surface area contributed by atoms with Gasteiger partial charge in [0.25, 0.3) is 0 Å². The summed E-state index contributed by atoms with van der Waals surface area (Å²) in [4.78, 5) is 25.1. The second-order valence-corrected chi connectivity index (χ2v) is 2.72. The highest BCUT2D eigenvalue weighted by molar-refractivity contribution is 5.89. The Hall–Kier alpha value is -1.85. The number of aromatic nitrogens is 2. The van der Waals surface area contributed by atoms with Crippen LogP contribution in [0.5, 0.6) is 0 Å². The second kappa shape index (κ2) is 3.91. The van der Waals surface area contributed by atoms with Crippen LogP contribution in [0.25, 0.3) is 0 Å². The Balaban J connectivity index is 3.00. The monoisotopic (exact) mass is 197 g/mol. The molecule has 0 aliphatic heterocycles. The Kier molecular flexibility index (Phi) is 2.85. The molecule has 0 bridgehead atoms.